The van der Waals surface area contributed by atoms with E-state index in [0.717, 1.165) is 21.8 Å². The van der Waals surface area contributed by atoms with Crippen molar-refractivity contribution in [3.05, 3.63) is 40.2 Å². The predicted octanol–water partition coefficient (Wildman–Crippen LogP) is 1.84. The number of aryl methyl sites for hydroxylation is 1. The van der Waals surface area contributed by atoms with E-state index in [1.54, 1.807) is 11.3 Å². The first-order chi connectivity index (χ1) is 12.1. The van der Waals surface area contributed by atoms with Crippen LogP contribution in [-0.4, -0.2) is 42.5 Å². The molecule has 1 spiro atoms. The van der Waals surface area contributed by atoms with Crippen LogP contribution in [0.25, 0.3) is 11.3 Å². The lowest BCUT2D eigenvalue weighted by atomic mass is 10.1. The molecular weight excluding hydrogens is 338 g/mol. The number of carbonyl (C=O) groups excluding carboxylic acids is 1. The Balaban J connectivity index is 1.36. The summed E-state index contributed by atoms with van der Waals surface area (Å²) in [6.07, 6.45) is 0.553. The number of nitrogens with zero attached hydrogens (tertiary/aromatic N) is 1. The molecule has 4 rings (SSSR count). The van der Waals surface area contributed by atoms with E-state index < -0.39 is 5.79 Å². The Kier molecular flexibility index (Phi) is 4.56. The van der Waals surface area contributed by atoms with Gasteiger partial charge in [-0.2, -0.15) is 0 Å². The van der Waals surface area contributed by atoms with Crippen molar-refractivity contribution in [3.8, 4) is 11.3 Å². The molecule has 1 aromatic heterocycles. The molecule has 0 unspecified atom stereocenters. The van der Waals surface area contributed by atoms with Crippen LogP contribution in [0.3, 0.4) is 0 Å². The van der Waals surface area contributed by atoms with Gasteiger partial charge in [-0.3, -0.25) is 4.79 Å². The van der Waals surface area contributed by atoms with Crippen LogP contribution in [0, 0.1) is 6.92 Å². The van der Waals surface area contributed by atoms with Gasteiger partial charge in [0, 0.05) is 23.9 Å². The number of nitrogens with one attached hydrogen (secondary N) is 2. The number of thiazole rings is 1. The SMILES string of the molecule is Cc1nc(-c2cccc(CNC(=O)[C@@H]3CC4(CN3)OCCO4)c2)cs1. The summed E-state index contributed by atoms with van der Waals surface area (Å²) in [5.74, 6) is -0.629. The second-order valence-electron chi connectivity index (χ2n) is 6.42. The first-order valence-electron chi connectivity index (χ1n) is 8.44. The Hall–Kier alpha value is -1.80. The van der Waals surface area contributed by atoms with Gasteiger partial charge in [-0.25, -0.2) is 4.98 Å². The summed E-state index contributed by atoms with van der Waals surface area (Å²) in [7, 11) is 0. The lowest BCUT2D eigenvalue weighted by Crippen LogP contribution is -2.40. The van der Waals surface area contributed by atoms with Crippen LogP contribution in [0.15, 0.2) is 29.6 Å². The summed E-state index contributed by atoms with van der Waals surface area (Å²) in [5.41, 5.74) is 3.10. The molecule has 6 nitrogen and oxygen atoms in total. The smallest absolute Gasteiger partial charge is 0.237 e. The highest BCUT2D eigenvalue weighted by atomic mass is 32.1. The number of benzene rings is 1. The Bertz CT molecular complexity index is 770. The Morgan fingerprint density at radius 3 is 3.04 bits per heavy atom. The molecule has 0 aliphatic carbocycles. The van der Waals surface area contributed by atoms with Gasteiger partial charge in [-0.1, -0.05) is 18.2 Å². The molecule has 2 aromatic rings. The fourth-order valence-electron chi connectivity index (χ4n) is 3.29. The van der Waals surface area contributed by atoms with Crippen LogP contribution in [0.5, 0.6) is 0 Å². The first-order valence-corrected chi connectivity index (χ1v) is 9.32. The second-order valence-corrected chi connectivity index (χ2v) is 7.48. The minimum atomic E-state index is -0.607. The van der Waals surface area contributed by atoms with E-state index in [4.69, 9.17) is 9.47 Å². The Morgan fingerprint density at radius 1 is 1.44 bits per heavy atom. The lowest BCUT2D eigenvalue weighted by Gasteiger charge is -2.19. The molecule has 2 N–H and O–H groups in total. The minimum absolute atomic E-state index is 0.0223. The van der Waals surface area contributed by atoms with Crippen LogP contribution in [0.1, 0.15) is 17.0 Å². The van der Waals surface area contributed by atoms with Gasteiger partial charge in [0.25, 0.3) is 0 Å². The van der Waals surface area contributed by atoms with E-state index in [2.05, 4.69) is 27.1 Å². The highest BCUT2D eigenvalue weighted by molar-refractivity contribution is 7.09. The number of carbonyl (C=O) groups is 1. The Labute approximate surface area is 150 Å². The highest BCUT2D eigenvalue weighted by Crippen LogP contribution is 2.29. The molecule has 25 heavy (non-hydrogen) atoms. The van der Waals surface area contributed by atoms with Crippen LogP contribution < -0.4 is 10.6 Å². The summed E-state index contributed by atoms with van der Waals surface area (Å²) in [4.78, 5) is 16.9. The van der Waals surface area contributed by atoms with Gasteiger partial charge in [-0.05, 0) is 18.6 Å². The van der Waals surface area contributed by atoms with Crippen molar-refractivity contribution in [1.82, 2.24) is 15.6 Å². The molecule has 3 heterocycles. The maximum atomic E-state index is 12.4. The molecule has 2 saturated heterocycles. The van der Waals surface area contributed by atoms with Gasteiger partial charge in [0.05, 0.1) is 36.5 Å². The molecule has 1 amide bonds. The number of amides is 1. The van der Waals surface area contributed by atoms with Crippen molar-refractivity contribution in [2.24, 2.45) is 0 Å². The van der Waals surface area contributed by atoms with Gasteiger partial charge in [0.1, 0.15) is 0 Å². The van der Waals surface area contributed by atoms with Crippen LogP contribution in [0.4, 0.5) is 0 Å². The third-order valence-corrected chi connectivity index (χ3v) is 5.34. The minimum Gasteiger partial charge on any atom is -0.351 e. The fourth-order valence-corrected chi connectivity index (χ4v) is 3.91. The molecule has 2 aliphatic rings. The molecule has 2 aliphatic heterocycles. The van der Waals surface area contributed by atoms with E-state index in [0.29, 0.717) is 32.7 Å². The van der Waals surface area contributed by atoms with E-state index >= 15 is 0 Å². The number of rotatable bonds is 4. The van der Waals surface area contributed by atoms with Crippen molar-refractivity contribution < 1.29 is 14.3 Å². The molecule has 0 bridgehead atoms. The summed E-state index contributed by atoms with van der Waals surface area (Å²) < 4.78 is 11.3. The Morgan fingerprint density at radius 2 is 2.28 bits per heavy atom. The average molecular weight is 359 g/mol. The second kappa shape index (κ2) is 6.84. The summed E-state index contributed by atoms with van der Waals surface area (Å²) >= 11 is 1.64. The molecule has 1 atom stereocenters. The molecule has 0 radical (unpaired) electrons. The van der Waals surface area contributed by atoms with Gasteiger partial charge in [-0.15, -0.1) is 11.3 Å². The maximum Gasteiger partial charge on any atom is 0.237 e. The predicted molar refractivity (Wildman–Crippen MR) is 95.2 cm³/mol. The molecule has 0 saturated carbocycles. The number of aromatic nitrogens is 1. The number of hydrogen-bond donors (Lipinski definition) is 2. The summed E-state index contributed by atoms with van der Waals surface area (Å²) in [6.45, 7) is 4.24. The van der Waals surface area contributed by atoms with Gasteiger partial charge in [0.15, 0.2) is 5.79 Å². The largest absolute Gasteiger partial charge is 0.351 e. The van der Waals surface area contributed by atoms with Crippen LogP contribution in [0.2, 0.25) is 0 Å². The summed E-state index contributed by atoms with van der Waals surface area (Å²) in [5, 5.41) is 9.30. The van der Waals surface area contributed by atoms with Gasteiger partial charge in [0.2, 0.25) is 5.91 Å². The van der Waals surface area contributed by atoms with Crippen molar-refractivity contribution in [1.29, 1.82) is 0 Å². The molecule has 132 valence electrons. The number of hydrogen-bond acceptors (Lipinski definition) is 6. The third kappa shape index (κ3) is 3.59. The molecule has 7 heteroatoms. The first kappa shape index (κ1) is 16.7. The van der Waals surface area contributed by atoms with Crippen molar-refractivity contribution in [2.45, 2.75) is 31.7 Å². The van der Waals surface area contributed by atoms with Crippen LogP contribution in [-0.2, 0) is 20.8 Å². The normalized spacial score (nSPS) is 21.7. The van der Waals surface area contributed by atoms with E-state index in [1.165, 1.54) is 0 Å². The van der Waals surface area contributed by atoms with Gasteiger partial charge >= 0.3 is 0 Å². The molecule has 1 aromatic carbocycles. The van der Waals surface area contributed by atoms with Gasteiger partial charge < -0.3 is 20.1 Å². The topological polar surface area (TPSA) is 72.5 Å². The number of ether oxygens (including phenoxy) is 2. The average Bonchev–Trinajstić information content (AvgIpc) is 3.36. The monoisotopic (exact) mass is 359 g/mol. The molecule has 2 fully saturated rings. The van der Waals surface area contributed by atoms with Crippen molar-refractivity contribution in [2.75, 3.05) is 19.8 Å². The molecular formula is C18H21N3O3S. The quantitative estimate of drug-likeness (QED) is 0.872. The summed E-state index contributed by atoms with van der Waals surface area (Å²) in [6, 6.07) is 7.84. The van der Waals surface area contributed by atoms with E-state index in [-0.39, 0.29) is 11.9 Å². The van der Waals surface area contributed by atoms with E-state index in [1.807, 2.05) is 25.1 Å². The lowest BCUT2D eigenvalue weighted by molar-refractivity contribution is -0.144. The zero-order chi connectivity index (χ0) is 17.3. The zero-order valence-electron chi connectivity index (χ0n) is 14.1. The van der Waals surface area contributed by atoms with Crippen LogP contribution >= 0.6 is 11.3 Å². The van der Waals surface area contributed by atoms with E-state index in [9.17, 15) is 4.79 Å². The zero-order valence-corrected chi connectivity index (χ0v) is 14.9. The van der Waals surface area contributed by atoms with Crippen molar-refractivity contribution >= 4 is 17.2 Å². The maximum absolute atomic E-state index is 12.4. The fraction of sp³-hybridized carbons (Fsp3) is 0.444. The standard InChI is InChI=1S/C18H21N3O3S/c1-12-21-16(10-25-12)14-4-2-3-13(7-14)9-19-17(22)15-8-18(11-20-15)23-5-6-24-18/h2-4,7,10,15,20H,5-6,8-9,11H2,1H3,(H,19,22)/t15-/m0/s1. The van der Waals surface area contributed by atoms with Crippen molar-refractivity contribution in [3.63, 3.8) is 0 Å². The highest BCUT2D eigenvalue weighted by Gasteiger charge is 2.46. The third-order valence-electron chi connectivity index (χ3n) is 4.57.